The van der Waals surface area contributed by atoms with Gasteiger partial charge in [-0.1, -0.05) is 67.6 Å². The average Bonchev–Trinajstić information content (AvgIpc) is 2.90. The molecule has 0 radical (unpaired) electrons. The van der Waals surface area contributed by atoms with Crippen molar-refractivity contribution in [3.63, 3.8) is 0 Å². The predicted molar refractivity (Wildman–Crippen MR) is 138 cm³/mol. The van der Waals surface area contributed by atoms with Crippen molar-refractivity contribution in [2.45, 2.75) is 75.4 Å². The van der Waals surface area contributed by atoms with Crippen molar-refractivity contribution < 1.29 is 33.2 Å². The summed E-state index contributed by atoms with van der Waals surface area (Å²) >= 11 is 1.69. The summed E-state index contributed by atoms with van der Waals surface area (Å²) in [6.45, 7) is 7.02. The highest BCUT2D eigenvalue weighted by molar-refractivity contribution is 7.99. The molecule has 2 heterocycles. The summed E-state index contributed by atoms with van der Waals surface area (Å²) in [7, 11) is 3.18. The van der Waals surface area contributed by atoms with Gasteiger partial charge in [-0.25, -0.2) is 0 Å². The average molecular weight is 519 g/mol. The van der Waals surface area contributed by atoms with Gasteiger partial charge in [0.25, 0.3) is 0 Å². The maximum absolute atomic E-state index is 6.66. The van der Waals surface area contributed by atoms with E-state index in [-0.39, 0.29) is 17.6 Å². The van der Waals surface area contributed by atoms with Crippen molar-refractivity contribution in [2.75, 3.05) is 26.6 Å². The van der Waals surface area contributed by atoms with Gasteiger partial charge >= 0.3 is 0 Å². The van der Waals surface area contributed by atoms with Crippen LogP contribution in [0.5, 0.6) is 0 Å². The van der Waals surface area contributed by atoms with E-state index in [1.807, 2.05) is 74.5 Å². The monoisotopic (exact) mass is 518 g/mol. The minimum absolute atomic E-state index is 0.262. The van der Waals surface area contributed by atoms with E-state index in [0.29, 0.717) is 19.8 Å². The van der Waals surface area contributed by atoms with E-state index in [1.165, 1.54) is 0 Å². The Morgan fingerprint density at radius 1 is 0.806 bits per heavy atom. The van der Waals surface area contributed by atoms with Crippen molar-refractivity contribution in [1.82, 2.24) is 0 Å². The maximum atomic E-state index is 6.66. The molecule has 0 N–H and O–H groups in total. The molecule has 2 aromatic carbocycles. The van der Waals surface area contributed by atoms with Crippen molar-refractivity contribution >= 4 is 11.8 Å². The lowest BCUT2D eigenvalue weighted by Crippen LogP contribution is -2.72. The second kappa shape index (κ2) is 12.4. The highest BCUT2D eigenvalue weighted by atomic mass is 32.2. The molecule has 0 amide bonds. The zero-order valence-corrected chi connectivity index (χ0v) is 22.6. The normalized spacial score (nSPS) is 34.3. The first-order valence-corrected chi connectivity index (χ1v) is 13.5. The third-order valence-electron chi connectivity index (χ3n) is 6.93. The molecular formula is C28H38O7S. The van der Waals surface area contributed by atoms with E-state index in [9.17, 15) is 0 Å². The molecule has 2 fully saturated rings. The first-order chi connectivity index (χ1) is 17.4. The van der Waals surface area contributed by atoms with E-state index in [2.05, 4.69) is 6.92 Å². The van der Waals surface area contributed by atoms with Crippen molar-refractivity contribution in [2.24, 2.45) is 0 Å². The highest BCUT2D eigenvalue weighted by Crippen LogP contribution is 2.45. The summed E-state index contributed by atoms with van der Waals surface area (Å²) in [6.07, 6.45) is -1.70. The fraction of sp³-hybridized carbons (Fsp3) is 0.571. The summed E-state index contributed by atoms with van der Waals surface area (Å²) in [5.41, 5.74) is 1.92. The molecular weight excluding hydrogens is 480 g/mol. The standard InChI is InChI=1S/C28H38O7S/c1-6-36-26-25(32-18-21-15-11-8-12-16-21)24-23(34-27(2,29-4)28(3,30-5)35-24)22(33-26)19-31-17-20-13-9-7-10-14-20/h7-16,22-26H,6,17-19H2,1-5H3/t22-,23-,24+,25+,26-,27?,28?/m1/s1. The third kappa shape index (κ3) is 5.97. The number of ether oxygens (including phenoxy) is 7. The first-order valence-electron chi connectivity index (χ1n) is 12.4. The van der Waals surface area contributed by atoms with Crippen LogP contribution < -0.4 is 0 Å². The Hall–Kier alpha value is -1.49. The van der Waals surface area contributed by atoms with Crippen LogP contribution in [0.3, 0.4) is 0 Å². The van der Waals surface area contributed by atoms with E-state index in [0.717, 1.165) is 16.9 Å². The molecule has 8 heteroatoms. The number of hydrogen-bond donors (Lipinski definition) is 0. The molecule has 2 unspecified atom stereocenters. The van der Waals surface area contributed by atoms with Gasteiger partial charge in [0.05, 0.1) is 19.8 Å². The van der Waals surface area contributed by atoms with Gasteiger partial charge in [-0.3, -0.25) is 0 Å². The molecule has 2 aliphatic heterocycles. The fourth-order valence-corrected chi connectivity index (χ4v) is 5.57. The van der Waals surface area contributed by atoms with E-state index in [4.69, 9.17) is 33.2 Å². The van der Waals surface area contributed by atoms with Gasteiger partial charge in [0.2, 0.25) is 11.6 Å². The van der Waals surface area contributed by atoms with Crippen LogP contribution in [0.2, 0.25) is 0 Å². The number of methoxy groups -OCH3 is 2. The molecule has 7 nitrogen and oxygen atoms in total. The first kappa shape index (κ1) is 27.5. The van der Waals surface area contributed by atoms with Crippen LogP contribution in [-0.4, -0.2) is 68.0 Å². The van der Waals surface area contributed by atoms with Crippen LogP contribution >= 0.6 is 11.8 Å². The SMILES string of the molecule is CCS[C@H]1O[C@H](COCc2ccccc2)[C@H]2OC(C)(OC)C(C)(OC)O[C@@H]2[C@@H]1OCc1ccccc1. The number of thioether (sulfide) groups is 1. The summed E-state index contributed by atoms with van der Waals surface area (Å²) in [5.74, 6) is -1.44. The molecule has 0 aliphatic carbocycles. The molecule has 0 bridgehead atoms. The Morgan fingerprint density at radius 3 is 1.92 bits per heavy atom. The van der Waals surface area contributed by atoms with Crippen molar-refractivity contribution in [3.05, 3.63) is 71.8 Å². The van der Waals surface area contributed by atoms with Gasteiger partial charge in [0, 0.05) is 14.2 Å². The van der Waals surface area contributed by atoms with Crippen LogP contribution in [0, 0.1) is 0 Å². The minimum atomic E-state index is -1.15. The highest BCUT2D eigenvalue weighted by Gasteiger charge is 2.62. The van der Waals surface area contributed by atoms with E-state index >= 15 is 0 Å². The Morgan fingerprint density at radius 2 is 1.36 bits per heavy atom. The maximum Gasteiger partial charge on any atom is 0.220 e. The number of fused-ring (bicyclic) bond motifs is 1. The predicted octanol–water partition coefficient (Wildman–Crippen LogP) is 4.78. The summed E-state index contributed by atoms with van der Waals surface area (Å²) < 4.78 is 44.0. The molecule has 0 aromatic heterocycles. The van der Waals surface area contributed by atoms with Gasteiger partial charge in [-0.15, -0.1) is 11.8 Å². The number of hydrogen-bond acceptors (Lipinski definition) is 8. The van der Waals surface area contributed by atoms with Gasteiger partial charge < -0.3 is 33.2 Å². The van der Waals surface area contributed by atoms with Crippen LogP contribution in [0.1, 0.15) is 31.9 Å². The Balaban J connectivity index is 1.57. The minimum Gasteiger partial charge on any atom is -0.374 e. The number of benzene rings is 2. The van der Waals surface area contributed by atoms with E-state index < -0.39 is 23.8 Å². The Bertz CT molecular complexity index is 932. The molecule has 0 saturated carbocycles. The largest absolute Gasteiger partial charge is 0.374 e. The number of rotatable bonds is 11. The molecule has 2 aromatic rings. The van der Waals surface area contributed by atoms with Crippen LogP contribution in [0.4, 0.5) is 0 Å². The van der Waals surface area contributed by atoms with Gasteiger partial charge in [0.15, 0.2) is 0 Å². The molecule has 2 aliphatic rings. The summed E-state index contributed by atoms with van der Waals surface area (Å²) in [4.78, 5) is 0. The Labute approximate surface area is 218 Å². The van der Waals surface area contributed by atoms with Crippen LogP contribution in [0.25, 0.3) is 0 Å². The summed E-state index contributed by atoms with van der Waals surface area (Å²) in [5, 5.41) is 0. The molecule has 4 rings (SSSR count). The fourth-order valence-electron chi connectivity index (χ4n) is 4.60. The van der Waals surface area contributed by atoms with Gasteiger partial charge in [0.1, 0.15) is 29.9 Å². The topological polar surface area (TPSA) is 64.6 Å². The smallest absolute Gasteiger partial charge is 0.220 e. The zero-order valence-electron chi connectivity index (χ0n) is 21.8. The molecule has 198 valence electrons. The van der Waals surface area contributed by atoms with Crippen molar-refractivity contribution in [1.29, 1.82) is 0 Å². The lowest BCUT2D eigenvalue weighted by Gasteiger charge is -2.57. The van der Waals surface area contributed by atoms with Gasteiger partial charge in [-0.2, -0.15) is 0 Å². The lowest BCUT2D eigenvalue weighted by atomic mass is 9.94. The van der Waals surface area contributed by atoms with Crippen LogP contribution in [0.15, 0.2) is 60.7 Å². The zero-order chi connectivity index (χ0) is 25.6. The molecule has 7 atom stereocenters. The Kier molecular flexibility index (Phi) is 9.46. The van der Waals surface area contributed by atoms with Crippen LogP contribution in [-0.2, 0) is 46.4 Å². The summed E-state index contributed by atoms with van der Waals surface area (Å²) in [6, 6.07) is 20.2. The molecule has 0 spiro atoms. The second-order valence-corrected chi connectivity index (χ2v) is 10.6. The van der Waals surface area contributed by atoms with E-state index in [1.54, 1.807) is 26.0 Å². The molecule has 36 heavy (non-hydrogen) atoms. The second-order valence-electron chi connectivity index (χ2n) is 9.22. The van der Waals surface area contributed by atoms with Gasteiger partial charge in [-0.05, 0) is 30.7 Å². The van der Waals surface area contributed by atoms with Crippen molar-refractivity contribution in [3.8, 4) is 0 Å². The lowest BCUT2D eigenvalue weighted by molar-refractivity contribution is -0.471. The third-order valence-corrected chi connectivity index (χ3v) is 7.97. The quantitative estimate of drug-likeness (QED) is 0.421. The molecule has 2 saturated heterocycles.